The molecule has 0 unspecified atom stereocenters. The second-order valence-corrected chi connectivity index (χ2v) is 5.83. The van der Waals surface area contributed by atoms with E-state index < -0.39 is 0 Å². The maximum atomic E-state index is 9.11. The van der Waals surface area contributed by atoms with Crippen LogP contribution in [0.2, 0.25) is 0 Å². The van der Waals surface area contributed by atoms with E-state index in [1.54, 1.807) is 18.4 Å². The number of aliphatic hydroxyl groups is 1. The normalized spacial score (nSPS) is 11.2. The Labute approximate surface area is 130 Å². The summed E-state index contributed by atoms with van der Waals surface area (Å²) in [4.78, 5) is 6.85. The summed E-state index contributed by atoms with van der Waals surface area (Å²) >= 11 is 1.70. The fourth-order valence-corrected chi connectivity index (χ4v) is 2.95. The van der Waals surface area contributed by atoms with Crippen molar-refractivity contribution >= 4 is 11.3 Å². The van der Waals surface area contributed by atoms with E-state index >= 15 is 0 Å². The van der Waals surface area contributed by atoms with Crippen molar-refractivity contribution in [2.24, 2.45) is 0 Å². The van der Waals surface area contributed by atoms with E-state index in [2.05, 4.69) is 34.5 Å². The Morgan fingerprint density at radius 2 is 2.05 bits per heavy atom. The third kappa shape index (κ3) is 5.55. The summed E-state index contributed by atoms with van der Waals surface area (Å²) in [6, 6.07) is 10.4. The van der Waals surface area contributed by atoms with Crippen LogP contribution in [0.1, 0.15) is 16.3 Å². The molecule has 1 aromatic carbocycles. The van der Waals surface area contributed by atoms with Crippen LogP contribution >= 0.6 is 11.3 Å². The molecule has 2 aromatic rings. The molecule has 0 fully saturated rings. The molecule has 0 saturated heterocycles. The van der Waals surface area contributed by atoms with Crippen molar-refractivity contribution in [2.75, 3.05) is 33.4 Å². The standard InChI is InChI=1S/C16H22N2O2S/c1-20-10-8-18(7-9-19)12-15-13-21-16(17-15)11-14-5-3-2-4-6-14/h2-6,13,19H,7-12H2,1H3. The summed E-state index contributed by atoms with van der Waals surface area (Å²) in [7, 11) is 1.69. The van der Waals surface area contributed by atoms with Crippen LogP contribution in [0.5, 0.6) is 0 Å². The number of hydrogen-bond donors (Lipinski definition) is 1. The number of ether oxygens (including phenoxy) is 1. The molecule has 2 rings (SSSR count). The highest BCUT2D eigenvalue weighted by molar-refractivity contribution is 7.09. The lowest BCUT2D eigenvalue weighted by Gasteiger charge is -2.19. The van der Waals surface area contributed by atoms with Gasteiger partial charge in [0.05, 0.1) is 23.9 Å². The number of hydrogen-bond acceptors (Lipinski definition) is 5. The highest BCUT2D eigenvalue weighted by Crippen LogP contribution is 2.16. The fraction of sp³-hybridized carbons (Fsp3) is 0.438. The predicted octanol–water partition coefficient (Wildman–Crippen LogP) is 2.17. The number of benzene rings is 1. The molecule has 0 aliphatic carbocycles. The lowest BCUT2D eigenvalue weighted by molar-refractivity contribution is 0.126. The van der Waals surface area contributed by atoms with Crippen molar-refractivity contribution in [3.05, 3.63) is 52.0 Å². The molecule has 0 bridgehead atoms. The van der Waals surface area contributed by atoms with Gasteiger partial charge in [0.1, 0.15) is 0 Å². The minimum absolute atomic E-state index is 0.157. The summed E-state index contributed by atoms with van der Waals surface area (Å²) in [6.45, 7) is 3.04. The van der Waals surface area contributed by atoms with Gasteiger partial charge in [0, 0.05) is 38.5 Å². The minimum Gasteiger partial charge on any atom is -0.395 e. The van der Waals surface area contributed by atoms with Crippen LogP contribution in [-0.4, -0.2) is 48.4 Å². The number of aromatic nitrogens is 1. The minimum atomic E-state index is 0.157. The van der Waals surface area contributed by atoms with E-state index in [4.69, 9.17) is 14.8 Å². The van der Waals surface area contributed by atoms with Crippen LogP contribution in [0.25, 0.3) is 0 Å². The Bertz CT molecular complexity index is 516. The summed E-state index contributed by atoms with van der Waals surface area (Å²) in [5.74, 6) is 0. The zero-order valence-corrected chi connectivity index (χ0v) is 13.2. The fourth-order valence-electron chi connectivity index (χ4n) is 2.13. The van der Waals surface area contributed by atoms with E-state index in [1.165, 1.54) is 5.56 Å². The first kappa shape index (κ1) is 16.1. The zero-order valence-electron chi connectivity index (χ0n) is 12.4. The van der Waals surface area contributed by atoms with Crippen molar-refractivity contribution in [3.63, 3.8) is 0 Å². The molecular weight excluding hydrogens is 284 g/mol. The first-order valence-electron chi connectivity index (χ1n) is 7.11. The van der Waals surface area contributed by atoms with Crippen LogP contribution < -0.4 is 0 Å². The van der Waals surface area contributed by atoms with Gasteiger partial charge in [-0.2, -0.15) is 0 Å². The SMILES string of the molecule is COCCN(CCO)Cc1csc(Cc2ccccc2)n1. The van der Waals surface area contributed by atoms with Crippen molar-refractivity contribution in [1.82, 2.24) is 9.88 Å². The van der Waals surface area contributed by atoms with E-state index in [-0.39, 0.29) is 6.61 Å². The van der Waals surface area contributed by atoms with Crippen LogP contribution in [-0.2, 0) is 17.7 Å². The molecule has 0 amide bonds. The Balaban J connectivity index is 1.92. The third-order valence-corrected chi connectivity index (χ3v) is 4.11. The lowest BCUT2D eigenvalue weighted by Crippen LogP contribution is -2.30. The molecular formula is C16H22N2O2S. The van der Waals surface area contributed by atoms with E-state index in [9.17, 15) is 0 Å². The first-order valence-corrected chi connectivity index (χ1v) is 7.99. The van der Waals surface area contributed by atoms with Crippen LogP contribution in [0.4, 0.5) is 0 Å². The van der Waals surface area contributed by atoms with Gasteiger partial charge in [-0.05, 0) is 5.56 Å². The average Bonchev–Trinajstić information content (AvgIpc) is 2.93. The van der Waals surface area contributed by atoms with Crippen LogP contribution in [0, 0.1) is 0 Å². The van der Waals surface area contributed by atoms with Gasteiger partial charge in [-0.1, -0.05) is 30.3 Å². The van der Waals surface area contributed by atoms with Gasteiger partial charge in [-0.3, -0.25) is 4.90 Å². The number of methoxy groups -OCH3 is 1. The highest BCUT2D eigenvalue weighted by Gasteiger charge is 2.09. The van der Waals surface area contributed by atoms with Gasteiger partial charge < -0.3 is 9.84 Å². The second-order valence-electron chi connectivity index (χ2n) is 4.89. The van der Waals surface area contributed by atoms with Gasteiger partial charge in [0.25, 0.3) is 0 Å². The van der Waals surface area contributed by atoms with Gasteiger partial charge in [0.15, 0.2) is 0 Å². The van der Waals surface area contributed by atoms with Crippen molar-refractivity contribution in [1.29, 1.82) is 0 Å². The van der Waals surface area contributed by atoms with E-state index in [0.717, 1.165) is 30.2 Å². The van der Waals surface area contributed by atoms with Crippen molar-refractivity contribution in [2.45, 2.75) is 13.0 Å². The zero-order chi connectivity index (χ0) is 14.9. The summed E-state index contributed by atoms with van der Waals surface area (Å²) in [5.41, 5.74) is 2.35. The predicted molar refractivity (Wildman–Crippen MR) is 85.6 cm³/mol. The van der Waals surface area contributed by atoms with Crippen molar-refractivity contribution in [3.8, 4) is 0 Å². The number of nitrogens with zero attached hydrogens (tertiary/aromatic N) is 2. The Kier molecular flexibility index (Phi) is 6.82. The quantitative estimate of drug-likeness (QED) is 0.771. The maximum Gasteiger partial charge on any atom is 0.0972 e. The Morgan fingerprint density at radius 3 is 2.76 bits per heavy atom. The molecule has 21 heavy (non-hydrogen) atoms. The molecule has 0 aliphatic rings. The van der Waals surface area contributed by atoms with Crippen molar-refractivity contribution < 1.29 is 9.84 Å². The average molecular weight is 306 g/mol. The first-order chi connectivity index (χ1) is 10.3. The Hall–Kier alpha value is -1.27. The smallest absolute Gasteiger partial charge is 0.0972 e. The molecule has 0 radical (unpaired) electrons. The molecule has 114 valence electrons. The van der Waals surface area contributed by atoms with Crippen LogP contribution in [0.3, 0.4) is 0 Å². The van der Waals surface area contributed by atoms with Gasteiger partial charge in [-0.15, -0.1) is 11.3 Å². The molecule has 0 spiro atoms. The monoisotopic (exact) mass is 306 g/mol. The van der Waals surface area contributed by atoms with E-state index in [0.29, 0.717) is 13.2 Å². The maximum absolute atomic E-state index is 9.11. The molecule has 1 N–H and O–H groups in total. The van der Waals surface area contributed by atoms with Gasteiger partial charge in [-0.25, -0.2) is 4.98 Å². The van der Waals surface area contributed by atoms with Gasteiger partial charge >= 0.3 is 0 Å². The number of rotatable bonds is 9. The molecule has 1 aromatic heterocycles. The Morgan fingerprint density at radius 1 is 1.24 bits per heavy atom. The van der Waals surface area contributed by atoms with Gasteiger partial charge in [0.2, 0.25) is 0 Å². The third-order valence-electron chi connectivity index (χ3n) is 3.21. The molecule has 4 nitrogen and oxygen atoms in total. The largest absolute Gasteiger partial charge is 0.395 e. The molecule has 0 saturated carbocycles. The molecule has 0 aliphatic heterocycles. The number of thiazole rings is 1. The summed E-state index contributed by atoms with van der Waals surface area (Å²) in [6.07, 6.45) is 0.879. The second kappa shape index (κ2) is 8.89. The highest BCUT2D eigenvalue weighted by atomic mass is 32.1. The molecule has 0 atom stereocenters. The number of aliphatic hydroxyl groups excluding tert-OH is 1. The summed E-state index contributed by atoms with van der Waals surface area (Å²) in [5, 5.41) is 12.4. The summed E-state index contributed by atoms with van der Waals surface area (Å²) < 4.78 is 5.10. The molecule has 5 heteroatoms. The van der Waals surface area contributed by atoms with Crippen LogP contribution in [0.15, 0.2) is 35.7 Å². The molecule has 1 heterocycles. The topological polar surface area (TPSA) is 45.6 Å². The lowest BCUT2D eigenvalue weighted by atomic mass is 10.2. The van der Waals surface area contributed by atoms with E-state index in [1.807, 2.05) is 6.07 Å².